The first-order valence-corrected chi connectivity index (χ1v) is 21.7. The average molecular weight is 807 g/mol. The average Bonchev–Trinajstić information content (AvgIpc) is 3.89. The van der Waals surface area contributed by atoms with E-state index in [0.29, 0.717) is 17.5 Å². The van der Waals surface area contributed by atoms with Crippen molar-refractivity contribution in [3.05, 3.63) is 206 Å². The van der Waals surface area contributed by atoms with Crippen LogP contribution in [-0.2, 0) is 0 Å². The Morgan fingerprint density at radius 2 is 0.935 bits per heavy atom. The summed E-state index contributed by atoms with van der Waals surface area (Å²) in [6.45, 7) is 0. The minimum atomic E-state index is 0.621. The van der Waals surface area contributed by atoms with Crippen molar-refractivity contribution < 1.29 is 0 Å². The van der Waals surface area contributed by atoms with Gasteiger partial charge < -0.3 is 4.57 Å². The van der Waals surface area contributed by atoms with Gasteiger partial charge in [-0.1, -0.05) is 158 Å². The van der Waals surface area contributed by atoms with Crippen LogP contribution in [0.3, 0.4) is 0 Å². The van der Waals surface area contributed by atoms with Crippen LogP contribution in [0.1, 0.15) is 0 Å². The summed E-state index contributed by atoms with van der Waals surface area (Å²) in [6, 6.07) is 74.0. The lowest BCUT2D eigenvalue weighted by molar-refractivity contribution is 1.07. The van der Waals surface area contributed by atoms with Crippen molar-refractivity contribution in [2.75, 3.05) is 0 Å². The summed E-state index contributed by atoms with van der Waals surface area (Å²) in [5.74, 6) is 1.90. The van der Waals surface area contributed by atoms with Gasteiger partial charge in [-0.2, -0.15) is 0 Å². The number of aromatic nitrogens is 4. The van der Waals surface area contributed by atoms with Crippen LogP contribution in [0, 0.1) is 0 Å². The Hall–Kier alpha value is -7.99. The Morgan fingerprint density at radius 3 is 1.77 bits per heavy atom. The van der Waals surface area contributed by atoms with Crippen LogP contribution in [0.4, 0.5) is 0 Å². The van der Waals surface area contributed by atoms with E-state index in [2.05, 4.69) is 193 Å². The van der Waals surface area contributed by atoms with Gasteiger partial charge in [0.2, 0.25) is 0 Å². The van der Waals surface area contributed by atoms with E-state index >= 15 is 0 Å². The Morgan fingerprint density at radius 1 is 0.323 bits per heavy atom. The molecule has 0 saturated heterocycles. The number of rotatable bonds is 5. The molecule has 0 N–H and O–H groups in total. The van der Waals surface area contributed by atoms with Crippen molar-refractivity contribution in [3.63, 3.8) is 0 Å². The predicted octanol–water partition coefficient (Wildman–Crippen LogP) is 15.5. The fraction of sp³-hybridized carbons (Fsp3) is 0. The number of nitrogens with zero attached hydrogens (tertiary/aromatic N) is 4. The van der Waals surface area contributed by atoms with Gasteiger partial charge in [-0.3, -0.25) is 0 Å². The number of para-hydroxylation sites is 1. The smallest absolute Gasteiger partial charge is 0.164 e. The zero-order chi connectivity index (χ0) is 40.7. The van der Waals surface area contributed by atoms with Crippen LogP contribution in [0.15, 0.2) is 206 Å². The number of thiophene rings is 1. The molecule has 10 aromatic carbocycles. The normalized spacial score (nSPS) is 11.9. The highest BCUT2D eigenvalue weighted by atomic mass is 32.1. The minimum absolute atomic E-state index is 0.621. The molecule has 3 aromatic heterocycles. The zero-order valence-electron chi connectivity index (χ0n) is 33.3. The van der Waals surface area contributed by atoms with Crippen molar-refractivity contribution in [3.8, 4) is 51.0 Å². The predicted molar refractivity (Wildman–Crippen MR) is 261 cm³/mol. The molecule has 0 amide bonds. The fourth-order valence-corrected chi connectivity index (χ4v) is 10.7. The Labute approximate surface area is 360 Å². The molecule has 62 heavy (non-hydrogen) atoms. The summed E-state index contributed by atoms with van der Waals surface area (Å²) in [5, 5.41) is 12.2. The Kier molecular flexibility index (Phi) is 7.74. The first-order chi connectivity index (χ1) is 30.7. The Bertz CT molecular complexity index is 3930. The summed E-state index contributed by atoms with van der Waals surface area (Å²) in [5.41, 5.74) is 8.51. The van der Waals surface area contributed by atoms with Crippen molar-refractivity contribution in [2.45, 2.75) is 0 Å². The van der Waals surface area contributed by atoms with Crippen molar-refractivity contribution in [1.82, 2.24) is 19.5 Å². The molecule has 0 aliphatic carbocycles. The van der Waals surface area contributed by atoms with Crippen LogP contribution >= 0.6 is 11.3 Å². The molecule has 3 heterocycles. The van der Waals surface area contributed by atoms with Crippen molar-refractivity contribution in [1.29, 1.82) is 0 Å². The van der Waals surface area contributed by atoms with E-state index in [9.17, 15) is 0 Å². The minimum Gasteiger partial charge on any atom is -0.309 e. The second kappa shape index (κ2) is 13.8. The maximum absolute atomic E-state index is 5.33. The lowest BCUT2D eigenvalue weighted by Crippen LogP contribution is -2.02. The molecule has 13 aromatic rings. The lowest BCUT2D eigenvalue weighted by Gasteiger charge is -2.17. The largest absolute Gasteiger partial charge is 0.309 e. The summed E-state index contributed by atoms with van der Waals surface area (Å²) in [7, 11) is 0. The molecule has 0 saturated carbocycles. The van der Waals surface area contributed by atoms with Gasteiger partial charge in [0.15, 0.2) is 17.5 Å². The molecule has 0 atom stereocenters. The first-order valence-electron chi connectivity index (χ1n) is 20.9. The molecule has 0 aliphatic heterocycles. The standard InChI is InChI=1S/C57H34N4S/c1-2-16-37(17-3-1)55-58-56(60-57(59-55)45-25-12-20-35-14-6-8-21-41(35)45)40-28-30-49(61-48-26-11-10-23-43(48)46-32-38-18-4-5-19-39(38)34-50(46)61)47(33-40)44-24-13-27-51-54(44)53-42-22-9-7-15-36(42)29-31-52(53)62-51/h1-34H. The van der Waals surface area contributed by atoms with Crippen LogP contribution in [0.25, 0.3) is 125 Å². The molecule has 0 bridgehead atoms. The van der Waals surface area contributed by atoms with Gasteiger partial charge in [-0.15, -0.1) is 11.3 Å². The van der Waals surface area contributed by atoms with Gasteiger partial charge in [0, 0.05) is 53.2 Å². The highest BCUT2D eigenvalue weighted by Gasteiger charge is 2.22. The molecule has 288 valence electrons. The molecule has 5 heteroatoms. The number of hydrogen-bond acceptors (Lipinski definition) is 4. The summed E-state index contributed by atoms with van der Waals surface area (Å²) in [4.78, 5) is 15.7. The van der Waals surface area contributed by atoms with Crippen molar-refractivity contribution >= 4 is 85.6 Å². The molecule has 0 unspecified atom stereocenters. The molecule has 4 nitrogen and oxygen atoms in total. The zero-order valence-corrected chi connectivity index (χ0v) is 34.1. The lowest BCUT2D eigenvalue weighted by atomic mass is 9.94. The molecule has 0 fully saturated rings. The van der Waals surface area contributed by atoms with Crippen LogP contribution in [0.5, 0.6) is 0 Å². The molecular formula is C57H34N4S. The molecule has 0 radical (unpaired) electrons. The second-order valence-corrected chi connectivity index (χ2v) is 17.0. The number of benzene rings is 10. The highest BCUT2D eigenvalue weighted by Crippen LogP contribution is 2.46. The van der Waals surface area contributed by atoms with Gasteiger partial charge in [0.1, 0.15) is 0 Å². The third-order valence-corrected chi connectivity index (χ3v) is 13.5. The van der Waals surface area contributed by atoms with Crippen LogP contribution in [-0.4, -0.2) is 19.5 Å². The second-order valence-electron chi connectivity index (χ2n) is 15.9. The Balaban J connectivity index is 1.14. The van der Waals surface area contributed by atoms with E-state index in [-0.39, 0.29) is 0 Å². The van der Waals surface area contributed by atoms with E-state index in [4.69, 9.17) is 15.0 Å². The summed E-state index contributed by atoms with van der Waals surface area (Å²) in [6.07, 6.45) is 0. The van der Waals surface area contributed by atoms with Gasteiger partial charge in [-0.05, 0) is 86.4 Å². The van der Waals surface area contributed by atoms with E-state index in [1.165, 1.54) is 58.1 Å². The third kappa shape index (κ3) is 5.42. The number of hydrogen-bond donors (Lipinski definition) is 0. The first kappa shape index (κ1) is 34.8. The molecule has 0 spiro atoms. The number of fused-ring (bicyclic) bond motifs is 10. The molecule has 13 rings (SSSR count). The molecule has 0 aliphatic rings. The van der Waals surface area contributed by atoms with E-state index in [1.54, 1.807) is 0 Å². The summed E-state index contributed by atoms with van der Waals surface area (Å²) < 4.78 is 4.99. The van der Waals surface area contributed by atoms with Gasteiger partial charge in [-0.25, -0.2) is 15.0 Å². The topological polar surface area (TPSA) is 43.6 Å². The SMILES string of the molecule is c1ccc(-c2nc(-c3ccc(-n4c5ccccc5c5cc6ccccc6cc54)c(-c4cccc5sc6ccc7ccccc7c6c45)c3)nc(-c3cccc4ccccc34)n2)cc1. The fourth-order valence-electron chi connectivity index (χ4n) is 9.57. The highest BCUT2D eigenvalue weighted by molar-refractivity contribution is 7.26. The van der Waals surface area contributed by atoms with Gasteiger partial charge in [0.05, 0.1) is 16.7 Å². The monoisotopic (exact) mass is 806 g/mol. The maximum atomic E-state index is 5.33. The molecular weight excluding hydrogens is 773 g/mol. The van der Waals surface area contributed by atoms with Crippen LogP contribution in [0.2, 0.25) is 0 Å². The summed E-state index contributed by atoms with van der Waals surface area (Å²) >= 11 is 1.86. The van der Waals surface area contributed by atoms with Crippen LogP contribution < -0.4 is 0 Å². The quantitative estimate of drug-likeness (QED) is 0.174. The maximum Gasteiger partial charge on any atom is 0.164 e. The van der Waals surface area contributed by atoms with E-state index in [0.717, 1.165) is 49.7 Å². The van der Waals surface area contributed by atoms with Crippen molar-refractivity contribution in [2.24, 2.45) is 0 Å². The van der Waals surface area contributed by atoms with Gasteiger partial charge >= 0.3 is 0 Å². The van der Waals surface area contributed by atoms with E-state index < -0.39 is 0 Å². The third-order valence-electron chi connectivity index (χ3n) is 12.4. The van der Waals surface area contributed by atoms with E-state index in [1.807, 2.05) is 29.5 Å². The van der Waals surface area contributed by atoms with Gasteiger partial charge in [0.25, 0.3) is 0 Å².